The summed E-state index contributed by atoms with van der Waals surface area (Å²) in [5.41, 5.74) is 1.04. The van der Waals surface area contributed by atoms with Gasteiger partial charge in [-0.15, -0.1) is 0 Å². The van der Waals surface area contributed by atoms with Crippen LogP contribution in [0.1, 0.15) is 43.9 Å². The average molecular weight is 238 g/mol. The standard InChI is InChI=1S/C13H22N2O2/c1-6-15(7-2)13(16)14-10(4)12-8-9(3)17-11(12)5/h8,10H,6-7H2,1-5H3,(H,14,16). The smallest absolute Gasteiger partial charge is 0.317 e. The first kappa shape index (κ1) is 13.6. The summed E-state index contributed by atoms with van der Waals surface area (Å²) in [6, 6.07) is 1.92. The predicted molar refractivity (Wildman–Crippen MR) is 68.0 cm³/mol. The maximum Gasteiger partial charge on any atom is 0.317 e. The molecule has 1 aromatic rings. The van der Waals surface area contributed by atoms with Gasteiger partial charge in [0.2, 0.25) is 0 Å². The molecular weight excluding hydrogens is 216 g/mol. The highest BCUT2D eigenvalue weighted by Crippen LogP contribution is 2.21. The fourth-order valence-electron chi connectivity index (χ4n) is 1.95. The van der Waals surface area contributed by atoms with E-state index in [4.69, 9.17) is 4.42 Å². The molecule has 0 saturated heterocycles. The molecule has 1 heterocycles. The van der Waals surface area contributed by atoms with Gasteiger partial charge in [0.25, 0.3) is 0 Å². The van der Waals surface area contributed by atoms with E-state index < -0.39 is 0 Å². The molecule has 0 aromatic carbocycles. The van der Waals surface area contributed by atoms with Crippen molar-refractivity contribution in [1.82, 2.24) is 10.2 Å². The number of aryl methyl sites for hydroxylation is 2. The molecule has 2 amide bonds. The topological polar surface area (TPSA) is 45.5 Å². The fraction of sp³-hybridized carbons (Fsp3) is 0.615. The molecule has 0 aliphatic rings. The normalized spacial score (nSPS) is 12.3. The average Bonchev–Trinajstić information content (AvgIpc) is 2.59. The Morgan fingerprint density at radius 2 is 2.00 bits per heavy atom. The van der Waals surface area contributed by atoms with E-state index in [-0.39, 0.29) is 12.1 Å². The van der Waals surface area contributed by atoms with Gasteiger partial charge in [-0.2, -0.15) is 0 Å². The fourth-order valence-corrected chi connectivity index (χ4v) is 1.95. The molecule has 1 aromatic heterocycles. The molecule has 17 heavy (non-hydrogen) atoms. The Morgan fingerprint density at radius 3 is 2.41 bits per heavy atom. The Kier molecular flexibility index (Phi) is 4.61. The van der Waals surface area contributed by atoms with Crippen LogP contribution in [0.3, 0.4) is 0 Å². The minimum absolute atomic E-state index is 0.0271. The van der Waals surface area contributed by atoms with Gasteiger partial charge in [-0.25, -0.2) is 4.79 Å². The highest BCUT2D eigenvalue weighted by molar-refractivity contribution is 5.74. The number of amides is 2. The number of hydrogen-bond donors (Lipinski definition) is 1. The zero-order valence-corrected chi connectivity index (χ0v) is 11.3. The number of nitrogens with one attached hydrogen (secondary N) is 1. The Balaban J connectivity index is 2.69. The zero-order valence-electron chi connectivity index (χ0n) is 11.3. The number of carbonyl (C=O) groups excluding carboxylic acids is 1. The van der Waals surface area contributed by atoms with Crippen molar-refractivity contribution in [2.24, 2.45) is 0 Å². The SMILES string of the molecule is CCN(CC)C(=O)NC(C)c1cc(C)oc1C. The van der Waals surface area contributed by atoms with E-state index in [0.717, 1.165) is 30.2 Å². The maximum atomic E-state index is 11.9. The Hall–Kier alpha value is -1.45. The van der Waals surface area contributed by atoms with Gasteiger partial charge in [-0.1, -0.05) is 0 Å². The third-order valence-electron chi connectivity index (χ3n) is 2.94. The summed E-state index contributed by atoms with van der Waals surface area (Å²) in [4.78, 5) is 13.7. The molecule has 96 valence electrons. The van der Waals surface area contributed by atoms with E-state index in [1.54, 1.807) is 4.90 Å². The van der Waals surface area contributed by atoms with Crippen LogP contribution in [0, 0.1) is 13.8 Å². The highest BCUT2D eigenvalue weighted by Gasteiger charge is 2.17. The molecule has 1 unspecified atom stereocenters. The largest absolute Gasteiger partial charge is 0.466 e. The molecule has 1 N–H and O–H groups in total. The molecule has 4 heteroatoms. The van der Waals surface area contributed by atoms with Crippen LogP contribution in [-0.2, 0) is 0 Å². The minimum Gasteiger partial charge on any atom is -0.466 e. The molecular formula is C13H22N2O2. The molecule has 0 fully saturated rings. The number of furan rings is 1. The van der Waals surface area contributed by atoms with Gasteiger partial charge in [-0.05, 0) is 40.7 Å². The number of carbonyl (C=O) groups is 1. The second-order valence-electron chi connectivity index (χ2n) is 4.21. The number of rotatable bonds is 4. The van der Waals surface area contributed by atoms with Crippen molar-refractivity contribution in [2.45, 2.75) is 40.7 Å². The first-order chi connectivity index (χ1) is 7.99. The molecule has 0 aliphatic heterocycles. The third-order valence-corrected chi connectivity index (χ3v) is 2.94. The molecule has 1 rings (SSSR count). The van der Waals surface area contributed by atoms with Gasteiger partial charge < -0.3 is 14.6 Å². The molecule has 0 bridgehead atoms. The van der Waals surface area contributed by atoms with Crippen LogP contribution in [0.25, 0.3) is 0 Å². The lowest BCUT2D eigenvalue weighted by atomic mass is 10.1. The van der Waals surface area contributed by atoms with Crippen molar-refractivity contribution in [2.75, 3.05) is 13.1 Å². The summed E-state index contributed by atoms with van der Waals surface area (Å²) < 4.78 is 5.47. The number of nitrogens with zero attached hydrogens (tertiary/aromatic N) is 1. The first-order valence-electron chi connectivity index (χ1n) is 6.11. The predicted octanol–water partition coefficient (Wildman–Crippen LogP) is 3.01. The number of urea groups is 1. The van der Waals surface area contributed by atoms with Crippen molar-refractivity contribution in [3.05, 3.63) is 23.2 Å². The van der Waals surface area contributed by atoms with Crippen molar-refractivity contribution < 1.29 is 9.21 Å². The van der Waals surface area contributed by atoms with Crippen molar-refractivity contribution in [3.63, 3.8) is 0 Å². The summed E-state index contributed by atoms with van der Waals surface area (Å²) in [5.74, 6) is 1.75. The summed E-state index contributed by atoms with van der Waals surface area (Å²) in [7, 11) is 0. The van der Waals surface area contributed by atoms with Gasteiger partial charge in [0.05, 0.1) is 6.04 Å². The zero-order chi connectivity index (χ0) is 13.0. The summed E-state index contributed by atoms with van der Waals surface area (Å²) in [6.07, 6.45) is 0. The van der Waals surface area contributed by atoms with Crippen molar-refractivity contribution in [1.29, 1.82) is 0 Å². The van der Waals surface area contributed by atoms with Crippen LogP contribution < -0.4 is 5.32 Å². The molecule has 1 atom stereocenters. The summed E-state index contributed by atoms with van der Waals surface area (Å²) >= 11 is 0. The molecule has 0 saturated carbocycles. The van der Waals surface area contributed by atoms with Crippen LogP contribution in [0.2, 0.25) is 0 Å². The second kappa shape index (κ2) is 5.75. The van der Waals surface area contributed by atoms with Crippen molar-refractivity contribution in [3.8, 4) is 0 Å². The van der Waals surface area contributed by atoms with E-state index in [2.05, 4.69) is 5.32 Å². The van der Waals surface area contributed by atoms with E-state index in [1.807, 2.05) is 40.7 Å². The van der Waals surface area contributed by atoms with Gasteiger partial charge in [-0.3, -0.25) is 0 Å². The van der Waals surface area contributed by atoms with Crippen LogP contribution in [0.4, 0.5) is 4.79 Å². The molecule has 0 radical (unpaired) electrons. The van der Waals surface area contributed by atoms with E-state index in [9.17, 15) is 4.79 Å². The Labute approximate surface area is 103 Å². The van der Waals surface area contributed by atoms with Crippen LogP contribution in [0.15, 0.2) is 10.5 Å². The summed E-state index contributed by atoms with van der Waals surface area (Å²) in [5, 5.41) is 2.98. The maximum absolute atomic E-state index is 11.9. The van der Waals surface area contributed by atoms with E-state index in [0.29, 0.717) is 0 Å². The number of hydrogen-bond acceptors (Lipinski definition) is 2. The van der Waals surface area contributed by atoms with Crippen LogP contribution in [-0.4, -0.2) is 24.0 Å². The lowest BCUT2D eigenvalue weighted by Crippen LogP contribution is -2.40. The third kappa shape index (κ3) is 3.25. The Bertz CT molecular complexity index is 381. The van der Waals surface area contributed by atoms with Gasteiger partial charge in [0.1, 0.15) is 11.5 Å². The van der Waals surface area contributed by atoms with Crippen LogP contribution in [0.5, 0.6) is 0 Å². The molecule has 4 nitrogen and oxygen atoms in total. The van der Waals surface area contributed by atoms with Crippen molar-refractivity contribution >= 4 is 6.03 Å². The van der Waals surface area contributed by atoms with Gasteiger partial charge in [0, 0.05) is 18.7 Å². The lowest BCUT2D eigenvalue weighted by molar-refractivity contribution is 0.200. The summed E-state index contributed by atoms with van der Waals surface area (Å²) in [6.45, 7) is 11.2. The highest BCUT2D eigenvalue weighted by atomic mass is 16.3. The first-order valence-corrected chi connectivity index (χ1v) is 6.11. The minimum atomic E-state index is -0.0273. The lowest BCUT2D eigenvalue weighted by Gasteiger charge is -2.22. The van der Waals surface area contributed by atoms with Gasteiger partial charge >= 0.3 is 6.03 Å². The molecule has 0 spiro atoms. The monoisotopic (exact) mass is 238 g/mol. The van der Waals surface area contributed by atoms with E-state index in [1.165, 1.54) is 0 Å². The van der Waals surface area contributed by atoms with Crippen LogP contribution >= 0.6 is 0 Å². The quantitative estimate of drug-likeness (QED) is 0.876. The van der Waals surface area contributed by atoms with Gasteiger partial charge in [0.15, 0.2) is 0 Å². The Morgan fingerprint density at radius 1 is 1.41 bits per heavy atom. The second-order valence-corrected chi connectivity index (χ2v) is 4.21. The van der Waals surface area contributed by atoms with E-state index >= 15 is 0 Å². The molecule has 0 aliphatic carbocycles.